The molecule has 0 amide bonds. The molecule has 0 aliphatic heterocycles. The molecule has 0 radical (unpaired) electrons. The van der Waals surface area contributed by atoms with E-state index in [1.165, 1.54) is 12.1 Å². The summed E-state index contributed by atoms with van der Waals surface area (Å²) in [6.45, 7) is 0.275. The van der Waals surface area contributed by atoms with Crippen LogP contribution in [0.1, 0.15) is 11.1 Å². The maximum Gasteiger partial charge on any atom is 0.142 e. The Morgan fingerprint density at radius 1 is 1.16 bits per heavy atom. The summed E-state index contributed by atoms with van der Waals surface area (Å²) in [6, 6.07) is 10.2. The molecule has 0 heterocycles. The lowest BCUT2D eigenvalue weighted by Crippen LogP contribution is -1.97. The van der Waals surface area contributed by atoms with Crippen LogP contribution in [0.2, 0.25) is 5.02 Å². The summed E-state index contributed by atoms with van der Waals surface area (Å²) in [7, 11) is 0. The second kappa shape index (κ2) is 6.60. The van der Waals surface area contributed by atoms with Crippen LogP contribution in [0.3, 0.4) is 0 Å². The van der Waals surface area contributed by atoms with E-state index in [9.17, 15) is 4.39 Å². The summed E-state index contributed by atoms with van der Waals surface area (Å²) >= 11 is 14.8. The summed E-state index contributed by atoms with van der Waals surface area (Å²) in [5, 5.41) is 0.108. The molecule has 2 aromatic rings. The Kier molecular flexibility index (Phi) is 5.08. The fraction of sp³-hybridized carbons (Fsp3) is 0.143. The lowest BCUT2D eigenvalue weighted by molar-refractivity contribution is 0.305. The molecule has 5 heteroatoms. The number of benzene rings is 2. The SMILES string of the molecule is Fc1cc(COc2ccc(Br)c(CCl)c2)ccc1Cl. The maximum atomic E-state index is 13.3. The van der Waals surface area contributed by atoms with E-state index in [0.29, 0.717) is 11.6 Å². The van der Waals surface area contributed by atoms with E-state index in [1.807, 2.05) is 18.2 Å². The van der Waals surface area contributed by atoms with Crippen LogP contribution in [-0.4, -0.2) is 0 Å². The molecule has 0 N–H and O–H groups in total. The van der Waals surface area contributed by atoms with Gasteiger partial charge in [-0.1, -0.05) is 33.6 Å². The van der Waals surface area contributed by atoms with Crippen molar-refractivity contribution < 1.29 is 9.13 Å². The quantitative estimate of drug-likeness (QED) is 0.646. The first-order valence-corrected chi connectivity index (χ1v) is 7.22. The topological polar surface area (TPSA) is 9.23 Å². The van der Waals surface area contributed by atoms with Gasteiger partial charge in [0.1, 0.15) is 18.2 Å². The van der Waals surface area contributed by atoms with Crippen molar-refractivity contribution in [3.63, 3.8) is 0 Å². The van der Waals surface area contributed by atoms with Crippen LogP contribution in [0.5, 0.6) is 5.75 Å². The highest BCUT2D eigenvalue weighted by atomic mass is 79.9. The van der Waals surface area contributed by atoms with Crippen molar-refractivity contribution in [1.29, 1.82) is 0 Å². The highest BCUT2D eigenvalue weighted by Gasteiger charge is 2.04. The Balaban J connectivity index is 2.07. The summed E-state index contributed by atoms with van der Waals surface area (Å²) in [5.74, 6) is 0.641. The van der Waals surface area contributed by atoms with Crippen molar-refractivity contribution in [1.82, 2.24) is 0 Å². The molecule has 0 aromatic heterocycles. The standard InChI is InChI=1S/C14H10BrCl2FO/c15-12-3-2-11(6-10(12)7-16)19-8-9-1-4-13(17)14(18)5-9/h1-6H,7-8H2. The fourth-order valence-corrected chi connectivity index (χ4v) is 2.43. The molecule has 1 nitrogen and oxygen atoms in total. The number of alkyl halides is 1. The van der Waals surface area contributed by atoms with Crippen molar-refractivity contribution in [2.24, 2.45) is 0 Å². The van der Waals surface area contributed by atoms with E-state index in [-0.39, 0.29) is 11.6 Å². The summed E-state index contributed by atoms with van der Waals surface area (Å²) in [6.07, 6.45) is 0. The highest BCUT2D eigenvalue weighted by Crippen LogP contribution is 2.25. The Labute approximate surface area is 129 Å². The molecule has 0 atom stereocenters. The monoisotopic (exact) mass is 362 g/mol. The van der Waals surface area contributed by atoms with Gasteiger partial charge in [-0.2, -0.15) is 0 Å². The molecule has 0 spiro atoms. The second-order valence-corrected chi connectivity index (χ2v) is 5.45. The Hall–Kier alpha value is -0.770. The minimum Gasteiger partial charge on any atom is -0.489 e. The van der Waals surface area contributed by atoms with Crippen LogP contribution in [0.4, 0.5) is 4.39 Å². The summed E-state index contributed by atoms with van der Waals surface area (Å²) in [4.78, 5) is 0. The van der Waals surface area contributed by atoms with Crippen LogP contribution in [0.15, 0.2) is 40.9 Å². The van der Waals surface area contributed by atoms with Gasteiger partial charge >= 0.3 is 0 Å². The molecular weight excluding hydrogens is 354 g/mol. The molecule has 19 heavy (non-hydrogen) atoms. The average Bonchev–Trinajstić information content (AvgIpc) is 2.41. The molecule has 0 fully saturated rings. The maximum absolute atomic E-state index is 13.3. The molecule has 0 saturated heterocycles. The zero-order valence-corrected chi connectivity index (χ0v) is 12.9. The van der Waals surface area contributed by atoms with E-state index < -0.39 is 5.82 Å². The minimum atomic E-state index is -0.444. The van der Waals surface area contributed by atoms with Crippen LogP contribution in [0, 0.1) is 5.82 Å². The van der Waals surface area contributed by atoms with E-state index in [2.05, 4.69) is 15.9 Å². The third-order valence-electron chi connectivity index (χ3n) is 2.55. The van der Waals surface area contributed by atoms with Crippen molar-refractivity contribution >= 4 is 39.1 Å². The predicted octanol–water partition coefficient (Wildman–Crippen LogP) is 5.56. The van der Waals surface area contributed by atoms with Crippen LogP contribution in [0.25, 0.3) is 0 Å². The number of ether oxygens (including phenoxy) is 1. The number of halogens is 4. The summed E-state index contributed by atoms with van der Waals surface area (Å²) < 4.78 is 19.8. The molecule has 2 aromatic carbocycles. The molecule has 0 aliphatic carbocycles. The summed E-state index contributed by atoms with van der Waals surface area (Å²) in [5.41, 5.74) is 1.67. The number of hydrogen-bond donors (Lipinski definition) is 0. The van der Waals surface area contributed by atoms with Gasteiger partial charge in [-0.15, -0.1) is 11.6 Å². The Morgan fingerprint density at radius 3 is 2.63 bits per heavy atom. The molecule has 0 unspecified atom stereocenters. The number of hydrogen-bond acceptors (Lipinski definition) is 1. The van der Waals surface area contributed by atoms with Crippen LogP contribution in [-0.2, 0) is 12.5 Å². The Morgan fingerprint density at radius 2 is 1.95 bits per heavy atom. The van der Waals surface area contributed by atoms with Gasteiger partial charge < -0.3 is 4.74 Å². The van der Waals surface area contributed by atoms with Gasteiger partial charge in [0.05, 0.1) is 5.02 Å². The smallest absolute Gasteiger partial charge is 0.142 e. The van der Waals surface area contributed by atoms with E-state index >= 15 is 0 Å². The largest absolute Gasteiger partial charge is 0.489 e. The van der Waals surface area contributed by atoms with Crippen LogP contribution < -0.4 is 4.74 Å². The lowest BCUT2D eigenvalue weighted by atomic mass is 10.2. The van der Waals surface area contributed by atoms with Gasteiger partial charge in [-0.25, -0.2) is 4.39 Å². The van der Waals surface area contributed by atoms with Gasteiger partial charge in [-0.3, -0.25) is 0 Å². The van der Waals surface area contributed by atoms with Crippen molar-refractivity contribution in [2.45, 2.75) is 12.5 Å². The van der Waals surface area contributed by atoms with Crippen molar-refractivity contribution in [2.75, 3.05) is 0 Å². The van der Waals surface area contributed by atoms with Gasteiger partial charge in [0.2, 0.25) is 0 Å². The molecule has 100 valence electrons. The second-order valence-electron chi connectivity index (χ2n) is 3.92. The highest BCUT2D eigenvalue weighted by molar-refractivity contribution is 9.10. The van der Waals surface area contributed by atoms with E-state index in [1.54, 1.807) is 6.07 Å². The van der Waals surface area contributed by atoms with Gasteiger partial charge in [0.25, 0.3) is 0 Å². The van der Waals surface area contributed by atoms with Gasteiger partial charge in [0, 0.05) is 10.4 Å². The molecule has 2 rings (SSSR count). The molecule has 0 saturated carbocycles. The van der Waals surface area contributed by atoms with E-state index in [0.717, 1.165) is 15.6 Å². The normalized spacial score (nSPS) is 10.5. The van der Waals surface area contributed by atoms with Gasteiger partial charge in [-0.05, 0) is 41.5 Å². The lowest BCUT2D eigenvalue weighted by Gasteiger charge is -2.09. The van der Waals surface area contributed by atoms with Crippen molar-refractivity contribution in [3.05, 3.63) is 62.8 Å². The molecule has 0 bridgehead atoms. The predicted molar refractivity (Wildman–Crippen MR) is 79.4 cm³/mol. The zero-order valence-electron chi connectivity index (χ0n) is 9.80. The number of rotatable bonds is 4. The molecule has 0 aliphatic rings. The van der Waals surface area contributed by atoms with Gasteiger partial charge in [0.15, 0.2) is 0 Å². The first kappa shape index (κ1) is 14.6. The first-order valence-electron chi connectivity index (χ1n) is 5.51. The third-order valence-corrected chi connectivity index (χ3v) is 3.92. The van der Waals surface area contributed by atoms with E-state index in [4.69, 9.17) is 27.9 Å². The Bertz CT molecular complexity index is 590. The van der Waals surface area contributed by atoms with Crippen molar-refractivity contribution in [3.8, 4) is 5.75 Å². The average molecular weight is 364 g/mol. The third kappa shape index (κ3) is 3.85. The minimum absolute atomic E-state index is 0.108. The fourth-order valence-electron chi connectivity index (χ4n) is 1.54. The first-order chi connectivity index (χ1) is 9.10. The molecular formula is C14H10BrCl2FO. The van der Waals surface area contributed by atoms with Crippen LogP contribution >= 0.6 is 39.1 Å². The zero-order chi connectivity index (χ0) is 13.8.